The molecule has 0 heterocycles. The highest BCUT2D eigenvalue weighted by atomic mass is 19.4. The van der Waals surface area contributed by atoms with Crippen molar-refractivity contribution in [2.45, 2.75) is 18.0 Å². The minimum Gasteiger partial charge on any atom is -0.497 e. The molecule has 3 rings (SSSR count). The number of methoxy groups -OCH3 is 1. The zero-order valence-corrected chi connectivity index (χ0v) is 19.1. The molecule has 200 valence electrons. The van der Waals surface area contributed by atoms with Crippen LogP contribution in [0, 0.1) is 10.1 Å². The van der Waals surface area contributed by atoms with Crippen LogP contribution in [0.25, 0.3) is 0 Å². The summed E-state index contributed by atoms with van der Waals surface area (Å²) in [7, 11) is 1.40. The van der Waals surface area contributed by atoms with E-state index in [-0.39, 0.29) is 11.3 Å². The molecule has 3 aromatic carbocycles. The Morgan fingerprint density at radius 3 is 1.92 bits per heavy atom. The van der Waals surface area contributed by atoms with E-state index in [2.05, 4.69) is 10.1 Å². The van der Waals surface area contributed by atoms with Crippen LogP contribution >= 0.6 is 0 Å². The smallest absolute Gasteiger partial charge is 0.442 e. The van der Waals surface area contributed by atoms with Crippen LogP contribution in [0.1, 0.15) is 26.3 Å². The van der Waals surface area contributed by atoms with Crippen LogP contribution in [0.15, 0.2) is 72.8 Å². The SMILES string of the molecule is COc1ccc(C(=O)Nc2ccc(C(OC(=O)c3cccc([N+](=O)[O-])c3)(C(F)(F)F)C(F)(F)F)cc2)cc1. The predicted molar refractivity (Wildman–Crippen MR) is 120 cm³/mol. The standard InChI is InChI=1S/C24H16F6N2O6/c1-37-19-11-5-14(6-12-19)20(33)31-17-9-7-16(8-10-17)22(23(25,26)27,24(28,29)30)38-21(34)15-3-2-4-18(13-15)32(35)36/h2-13H,1H3,(H,31,33). The van der Waals surface area contributed by atoms with Crippen molar-refractivity contribution >= 4 is 23.3 Å². The number of carbonyl (C=O) groups excluding carboxylic acids is 2. The highest BCUT2D eigenvalue weighted by molar-refractivity contribution is 6.04. The van der Waals surface area contributed by atoms with Gasteiger partial charge < -0.3 is 14.8 Å². The van der Waals surface area contributed by atoms with E-state index in [1.807, 2.05) is 0 Å². The van der Waals surface area contributed by atoms with Gasteiger partial charge in [-0.1, -0.05) is 18.2 Å². The van der Waals surface area contributed by atoms with E-state index >= 15 is 0 Å². The van der Waals surface area contributed by atoms with Gasteiger partial charge in [-0.25, -0.2) is 4.79 Å². The van der Waals surface area contributed by atoms with Crippen LogP contribution in [0.4, 0.5) is 37.7 Å². The van der Waals surface area contributed by atoms with Gasteiger partial charge in [0.25, 0.3) is 11.6 Å². The Kier molecular flexibility index (Phi) is 7.65. The number of nitro groups is 1. The zero-order chi connectivity index (χ0) is 28.3. The van der Waals surface area contributed by atoms with Gasteiger partial charge in [0.15, 0.2) is 0 Å². The summed E-state index contributed by atoms with van der Waals surface area (Å²) >= 11 is 0. The Hall–Kier alpha value is -4.62. The molecule has 1 amide bonds. The fourth-order valence-electron chi connectivity index (χ4n) is 3.34. The van der Waals surface area contributed by atoms with Gasteiger partial charge in [-0.3, -0.25) is 14.9 Å². The summed E-state index contributed by atoms with van der Waals surface area (Å²) < 4.78 is 93.3. The first-order valence-electron chi connectivity index (χ1n) is 10.4. The maximum Gasteiger partial charge on any atom is 0.442 e. The van der Waals surface area contributed by atoms with Crippen LogP contribution in [-0.4, -0.2) is 36.3 Å². The number of anilines is 1. The number of esters is 1. The molecule has 8 nitrogen and oxygen atoms in total. The molecule has 0 aromatic heterocycles. The lowest BCUT2D eigenvalue weighted by Crippen LogP contribution is -2.56. The third-order valence-corrected chi connectivity index (χ3v) is 5.24. The summed E-state index contributed by atoms with van der Waals surface area (Å²) in [4.78, 5) is 34.7. The predicted octanol–water partition coefficient (Wildman–Crippen LogP) is 6.03. The Morgan fingerprint density at radius 2 is 1.42 bits per heavy atom. The van der Waals surface area contributed by atoms with E-state index in [1.165, 1.54) is 31.4 Å². The summed E-state index contributed by atoms with van der Waals surface area (Å²) in [6.45, 7) is 0. The molecule has 0 unspecified atom stereocenters. The van der Waals surface area contributed by atoms with Crippen molar-refractivity contribution in [3.63, 3.8) is 0 Å². The molecule has 0 bridgehead atoms. The second-order valence-electron chi connectivity index (χ2n) is 7.63. The summed E-state index contributed by atoms with van der Waals surface area (Å²) in [5, 5.41) is 13.2. The van der Waals surface area contributed by atoms with Gasteiger partial charge in [0.2, 0.25) is 0 Å². The van der Waals surface area contributed by atoms with Crippen LogP contribution in [-0.2, 0) is 10.3 Å². The topological polar surface area (TPSA) is 108 Å². The minimum absolute atomic E-state index is 0.126. The van der Waals surface area contributed by atoms with E-state index in [1.54, 1.807) is 0 Å². The average molecular weight is 542 g/mol. The van der Waals surface area contributed by atoms with E-state index in [0.29, 0.717) is 23.9 Å². The number of hydrogen-bond acceptors (Lipinski definition) is 6. The van der Waals surface area contributed by atoms with Gasteiger partial charge in [0, 0.05) is 28.9 Å². The van der Waals surface area contributed by atoms with E-state index in [4.69, 9.17) is 4.74 Å². The van der Waals surface area contributed by atoms with Crippen molar-refractivity contribution < 1.29 is 50.3 Å². The monoisotopic (exact) mass is 542 g/mol. The highest BCUT2D eigenvalue weighted by Gasteiger charge is 2.75. The van der Waals surface area contributed by atoms with Gasteiger partial charge in [-0.2, -0.15) is 26.3 Å². The van der Waals surface area contributed by atoms with Gasteiger partial charge >= 0.3 is 23.9 Å². The Labute approximate surface area is 209 Å². The van der Waals surface area contributed by atoms with Gasteiger partial charge in [-0.15, -0.1) is 0 Å². The lowest BCUT2D eigenvalue weighted by Gasteiger charge is -2.36. The van der Waals surface area contributed by atoms with Crippen LogP contribution in [0.5, 0.6) is 5.75 Å². The Balaban J connectivity index is 1.97. The first-order chi connectivity index (χ1) is 17.7. The van der Waals surface area contributed by atoms with E-state index in [0.717, 1.165) is 30.3 Å². The number of carbonyl (C=O) groups is 2. The number of benzene rings is 3. The number of ether oxygens (including phenoxy) is 2. The molecule has 0 aliphatic carbocycles. The van der Waals surface area contributed by atoms with E-state index in [9.17, 15) is 46.0 Å². The number of rotatable bonds is 7. The third kappa shape index (κ3) is 5.53. The number of non-ortho nitro benzene ring substituents is 1. The number of nitro benzene ring substituents is 1. The molecule has 38 heavy (non-hydrogen) atoms. The second kappa shape index (κ2) is 10.4. The van der Waals surface area contributed by atoms with E-state index < -0.39 is 51.6 Å². The molecule has 0 atom stereocenters. The molecule has 0 saturated heterocycles. The summed E-state index contributed by atoms with van der Waals surface area (Å²) in [5.74, 6) is -2.36. The van der Waals surface area contributed by atoms with Gasteiger partial charge in [0.05, 0.1) is 17.6 Å². The van der Waals surface area contributed by atoms with Crippen LogP contribution < -0.4 is 10.1 Å². The number of halogens is 6. The molecule has 0 aliphatic heterocycles. The van der Waals surface area contributed by atoms with Gasteiger partial charge in [0.1, 0.15) is 5.75 Å². The molecule has 1 N–H and O–H groups in total. The van der Waals surface area contributed by atoms with Crippen LogP contribution in [0.3, 0.4) is 0 Å². The number of hydrogen-bond donors (Lipinski definition) is 1. The van der Waals surface area contributed by atoms with Crippen LogP contribution in [0.2, 0.25) is 0 Å². The zero-order valence-electron chi connectivity index (χ0n) is 19.1. The third-order valence-electron chi connectivity index (χ3n) is 5.24. The molecule has 0 fully saturated rings. The first-order valence-corrected chi connectivity index (χ1v) is 10.4. The maximum atomic E-state index is 14.0. The molecule has 0 radical (unpaired) electrons. The number of nitrogens with zero attached hydrogens (tertiary/aromatic N) is 1. The molecule has 3 aromatic rings. The number of nitrogens with one attached hydrogen (secondary N) is 1. The molecule has 14 heteroatoms. The Morgan fingerprint density at radius 1 is 0.842 bits per heavy atom. The number of alkyl halides is 6. The van der Waals surface area contributed by atoms with Crippen molar-refractivity contribution in [3.05, 3.63) is 99.6 Å². The molecule has 0 aliphatic rings. The summed E-state index contributed by atoms with van der Waals surface area (Å²) in [6, 6.07) is 11.1. The van der Waals surface area contributed by atoms with Crippen molar-refractivity contribution in [2.75, 3.05) is 12.4 Å². The van der Waals surface area contributed by atoms with Crippen molar-refractivity contribution in [3.8, 4) is 5.75 Å². The first kappa shape index (κ1) is 28.0. The number of amides is 1. The average Bonchev–Trinajstić information content (AvgIpc) is 2.86. The summed E-state index contributed by atoms with van der Waals surface area (Å²) in [6.07, 6.45) is -12.4. The second-order valence-corrected chi connectivity index (χ2v) is 7.63. The molecule has 0 spiro atoms. The molecular formula is C24H16F6N2O6. The quantitative estimate of drug-likeness (QED) is 0.169. The highest BCUT2D eigenvalue weighted by Crippen LogP contribution is 2.53. The lowest BCUT2D eigenvalue weighted by molar-refractivity contribution is -0.384. The van der Waals surface area contributed by atoms with Crippen molar-refractivity contribution in [1.82, 2.24) is 0 Å². The largest absolute Gasteiger partial charge is 0.497 e. The summed E-state index contributed by atoms with van der Waals surface area (Å²) in [5.41, 5.74) is -8.32. The molecular weight excluding hydrogens is 526 g/mol. The fraction of sp³-hybridized carbons (Fsp3) is 0.167. The van der Waals surface area contributed by atoms with Crippen molar-refractivity contribution in [2.24, 2.45) is 0 Å². The molecule has 0 saturated carbocycles. The maximum absolute atomic E-state index is 14.0. The lowest BCUT2D eigenvalue weighted by atomic mass is 9.91. The Bertz CT molecular complexity index is 1320. The fourth-order valence-corrected chi connectivity index (χ4v) is 3.34. The van der Waals surface area contributed by atoms with Crippen molar-refractivity contribution in [1.29, 1.82) is 0 Å². The normalized spacial score (nSPS) is 12.0. The van der Waals surface area contributed by atoms with Gasteiger partial charge in [-0.05, 0) is 42.5 Å². The minimum atomic E-state index is -6.20.